The molecule has 1 aliphatic heterocycles. The molecule has 0 aliphatic carbocycles. The third-order valence-corrected chi connectivity index (χ3v) is 5.20. The van der Waals surface area contributed by atoms with Crippen LogP contribution in [0.4, 0.5) is 5.69 Å². The van der Waals surface area contributed by atoms with E-state index in [0.717, 1.165) is 16.8 Å². The van der Waals surface area contributed by atoms with Gasteiger partial charge in [0.2, 0.25) is 11.7 Å². The van der Waals surface area contributed by atoms with Crippen LogP contribution < -0.4 is 9.64 Å². The van der Waals surface area contributed by atoms with Crippen LogP contribution in [0.25, 0.3) is 0 Å². The number of carbonyl (C=O) groups is 3. The number of carbonyl (C=O) groups excluding carboxylic acids is 3. The van der Waals surface area contributed by atoms with Crippen molar-refractivity contribution in [3.63, 3.8) is 0 Å². The maximum atomic E-state index is 12.6. The van der Waals surface area contributed by atoms with Crippen molar-refractivity contribution in [2.75, 3.05) is 18.6 Å². The number of methoxy groups -OCH3 is 1. The highest BCUT2D eigenvalue weighted by molar-refractivity contribution is 6.02. The van der Waals surface area contributed by atoms with E-state index in [9.17, 15) is 14.4 Å². The van der Waals surface area contributed by atoms with Crippen LogP contribution in [0.2, 0.25) is 0 Å². The number of nitrogens with zero attached hydrogens (tertiary/aromatic N) is 1. The molecular formula is C23H25NO5. The van der Waals surface area contributed by atoms with Crippen LogP contribution in [0.1, 0.15) is 34.8 Å². The van der Waals surface area contributed by atoms with Crippen molar-refractivity contribution in [3.8, 4) is 5.75 Å². The van der Waals surface area contributed by atoms with Gasteiger partial charge in [-0.25, -0.2) is 0 Å². The maximum absolute atomic E-state index is 12.6. The second kappa shape index (κ2) is 8.47. The van der Waals surface area contributed by atoms with Gasteiger partial charge >= 0.3 is 5.97 Å². The third kappa shape index (κ3) is 4.31. The Bertz CT molecular complexity index is 915. The molecule has 29 heavy (non-hydrogen) atoms. The lowest BCUT2D eigenvalue weighted by atomic mass is 10.1. The van der Waals surface area contributed by atoms with Gasteiger partial charge in [-0.15, -0.1) is 0 Å². The number of aryl methyl sites for hydroxylation is 2. The van der Waals surface area contributed by atoms with Crippen LogP contribution in [-0.4, -0.2) is 37.4 Å². The van der Waals surface area contributed by atoms with Gasteiger partial charge in [-0.1, -0.05) is 18.2 Å². The number of para-hydroxylation sites is 1. The largest absolute Gasteiger partial charge is 0.497 e. The Morgan fingerprint density at radius 2 is 1.69 bits per heavy atom. The quantitative estimate of drug-likeness (QED) is 0.553. The minimum atomic E-state index is -0.930. The minimum Gasteiger partial charge on any atom is -0.497 e. The van der Waals surface area contributed by atoms with E-state index in [1.165, 1.54) is 0 Å². The third-order valence-electron chi connectivity index (χ3n) is 5.20. The molecule has 2 aromatic rings. The highest BCUT2D eigenvalue weighted by Gasteiger charge is 2.38. The summed E-state index contributed by atoms with van der Waals surface area (Å²) in [4.78, 5) is 39.3. The molecule has 0 saturated carbocycles. The number of benzene rings is 2. The molecule has 0 aromatic heterocycles. The molecule has 6 heteroatoms. The minimum absolute atomic E-state index is 0.0794. The van der Waals surface area contributed by atoms with Crippen molar-refractivity contribution >= 4 is 23.3 Å². The lowest BCUT2D eigenvalue weighted by molar-refractivity contribution is -0.151. The fraction of sp³-hybridized carbons (Fsp3) is 0.348. The molecule has 1 heterocycles. The second-order valence-electron chi connectivity index (χ2n) is 7.32. The number of ether oxygens (including phenoxy) is 2. The maximum Gasteiger partial charge on any atom is 0.312 e. The summed E-state index contributed by atoms with van der Waals surface area (Å²) < 4.78 is 10.5. The summed E-state index contributed by atoms with van der Waals surface area (Å²) in [5.41, 5.74) is 3.24. The molecule has 3 rings (SSSR count). The molecule has 1 aliphatic rings. The predicted molar refractivity (Wildman–Crippen MR) is 109 cm³/mol. The smallest absolute Gasteiger partial charge is 0.312 e. The Morgan fingerprint density at radius 3 is 2.28 bits per heavy atom. The molecule has 6 nitrogen and oxygen atoms in total. The first kappa shape index (κ1) is 20.6. The molecule has 1 saturated heterocycles. The Labute approximate surface area is 170 Å². The van der Waals surface area contributed by atoms with E-state index < -0.39 is 18.0 Å². The SMILES string of the molecule is COc1ccc(C(=O)[C@H](C)OC(=O)[C@@H]2CC(=O)N(c3c(C)cccc3C)C2)cc1. The van der Waals surface area contributed by atoms with Gasteiger partial charge in [-0.05, 0) is 56.2 Å². The molecule has 0 radical (unpaired) electrons. The normalized spacial score (nSPS) is 17.2. The van der Waals surface area contributed by atoms with Gasteiger partial charge < -0.3 is 14.4 Å². The Hall–Kier alpha value is -3.15. The first-order valence-corrected chi connectivity index (χ1v) is 9.57. The first-order valence-electron chi connectivity index (χ1n) is 9.57. The van der Waals surface area contributed by atoms with Crippen LogP contribution in [0, 0.1) is 19.8 Å². The molecule has 2 aromatic carbocycles. The Kier molecular flexibility index (Phi) is 6.01. The summed E-state index contributed by atoms with van der Waals surface area (Å²) in [6.07, 6.45) is -0.851. The van der Waals surface area contributed by atoms with Gasteiger partial charge in [0.05, 0.1) is 13.0 Å². The van der Waals surface area contributed by atoms with Crippen molar-refractivity contribution < 1.29 is 23.9 Å². The average molecular weight is 395 g/mol. The van der Waals surface area contributed by atoms with E-state index in [0.29, 0.717) is 11.3 Å². The van der Waals surface area contributed by atoms with E-state index in [4.69, 9.17) is 9.47 Å². The van der Waals surface area contributed by atoms with E-state index in [1.54, 1.807) is 43.2 Å². The molecule has 2 atom stereocenters. The first-order chi connectivity index (χ1) is 13.8. The van der Waals surface area contributed by atoms with Crippen molar-refractivity contribution in [1.29, 1.82) is 0 Å². The molecule has 0 spiro atoms. The van der Waals surface area contributed by atoms with E-state index in [-0.39, 0.29) is 24.7 Å². The topological polar surface area (TPSA) is 72.9 Å². The van der Waals surface area contributed by atoms with Gasteiger partial charge in [0, 0.05) is 24.2 Å². The summed E-state index contributed by atoms with van der Waals surface area (Å²) in [5, 5.41) is 0. The number of rotatable bonds is 6. The number of Topliss-reactive ketones (excluding diaryl/α,β-unsaturated/α-hetero) is 1. The van der Waals surface area contributed by atoms with Gasteiger partial charge in [0.15, 0.2) is 6.10 Å². The summed E-state index contributed by atoms with van der Waals surface area (Å²) >= 11 is 0. The number of ketones is 1. The zero-order chi connectivity index (χ0) is 21.1. The summed E-state index contributed by atoms with van der Waals surface area (Å²) in [6.45, 7) is 5.69. The van der Waals surface area contributed by atoms with E-state index in [2.05, 4.69) is 0 Å². The van der Waals surface area contributed by atoms with Gasteiger partial charge in [0.25, 0.3) is 0 Å². The second-order valence-corrected chi connectivity index (χ2v) is 7.32. The average Bonchev–Trinajstić information content (AvgIpc) is 3.09. The van der Waals surface area contributed by atoms with Gasteiger partial charge in [0.1, 0.15) is 5.75 Å². The fourth-order valence-corrected chi connectivity index (χ4v) is 3.63. The monoisotopic (exact) mass is 395 g/mol. The van der Waals surface area contributed by atoms with Crippen LogP contribution in [-0.2, 0) is 14.3 Å². The van der Waals surface area contributed by atoms with Crippen LogP contribution >= 0.6 is 0 Å². The molecule has 152 valence electrons. The number of esters is 1. The van der Waals surface area contributed by atoms with Crippen molar-refractivity contribution in [2.45, 2.75) is 33.3 Å². The Balaban J connectivity index is 1.66. The molecule has 0 bridgehead atoms. The molecule has 1 fully saturated rings. The number of anilines is 1. The van der Waals surface area contributed by atoms with E-state index in [1.807, 2.05) is 32.0 Å². The van der Waals surface area contributed by atoms with Gasteiger partial charge in [-0.2, -0.15) is 0 Å². The molecule has 0 unspecified atom stereocenters. The predicted octanol–water partition coefficient (Wildman–Crippen LogP) is 3.48. The Morgan fingerprint density at radius 1 is 1.07 bits per heavy atom. The molecule has 1 amide bonds. The zero-order valence-electron chi connectivity index (χ0n) is 17.1. The highest BCUT2D eigenvalue weighted by atomic mass is 16.5. The van der Waals surface area contributed by atoms with Gasteiger partial charge in [-0.3, -0.25) is 14.4 Å². The number of hydrogen-bond acceptors (Lipinski definition) is 5. The zero-order valence-corrected chi connectivity index (χ0v) is 17.1. The fourth-order valence-electron chi connectivity index (χ4n) is 3.63. The highest BCUT2D eigenvalue weighted by Crippen LogP contribution is 2.31. The van der Waals surface area contributed by atoms with Crippen LogP contribution in [0.15, 0.2) is 42.5 Å². The summed E-state index contributed by atoms with van der Waals surface area (Å²) in [6, 6.07) is 12.4. The molecule has 0 N–H and O–H groups in total. The summed E-state index contributed by atoms with van der Waals surface area (Å²) in [7, 11) is 1.55. The lowest BCUT2D eigenvalue weighted by Gasteiger charge is -2.21. The van der Waals surface area contributed by atoms with Crippen molar-refractivity contribution in [2.24, 2.45) is 5.92 Å². The molecular weight excluding hydrogens is 370 g/mol. The van der Waals surface area contributed by atoms with Crippen LogP contribution in [0.5, 0.6) is 5.75 Å². The standard InChI is InChI=1S/C23H25NO5/c1-14-6-5-7-15(2)21(14)24-13-18(12-20(24)25)23(27)29-16(3)22(26)17-8-10-19(28-4)11-9-17/h5-11,16,18H,12-13H2,1-4H3/t16-,18+/m0/s1. The van der Waals surface area contributed by atoms with Crippen molar-refractivity contribution in [3.05, 3.63) is 59.2 Å². The van der Waals surface area contributed by atoms with Crippen molar-refractivity contribution in [1.82, 2.24) is 0 Å². The number of hydrogen-bond donors (Lipinski definition) is 0. The summed E-state index contributed by atoms with van der Waals surface area (Å²) in [5.74, 6) is -0.883. The van der Waals surface area contributed by atoms with E-state index >= 15 is 0 Å². The van der Waals surface area contributed by atoms with Crippen LogP contribution in [0.3, 0.4) is 0 Å². The lowest BCUT2D eigenvalue weighted by Crippen LogP contribution is -2.31. The number of amides is 1.